The fourth-order valence-electron chi connectivity index (χ4n) is 2.06. The van der Waals surface area contributed by atoms with E-state index < -0.39 is 17.8 Å². The maximum absolute atomic E-state index is 13.9. The van der Waals surface area contributed by atoms with E-state index >= 15 is 0 Å². The second-order valence-electron chi connectivity index (χ2n) is 5.14. The molecule has 0 saturated heterocycles. The number of hydrogen-bond acceptors (Lipinski definition) is 1. The lowest BCUT2D eigenvalue weighted by Crippen LogP contribution is -2.27. The van der Waals surface area contributed by atoms with Gasteiger partial charge < -0.3 is 5.32 Å². The number of rotatable bonds is 3. The molecular weight excluding hydrogens is 272 g/mol. The molecule has 0 aliphatic rings. The smallest absolute Gasteiger partial charge is 0.254 e. The standard InChI is InChI=1S/C17H17F2NO/c1-10-7-8-13(9-15(10)18)12(3)20-17(21)14-6-4-5-11(2)16(14)19/h4-9,12H,1-3H3,(H,20,21). The molecule has 2 aromatic carbocycles. The van der Waals surface area contributed by atoms with Crippen molar-refractivity contribution in [1.29, 1.82) is 0 Å². The molecule has 1 atom stereocenters. The molecule has 0 bridgehead atoms. The molecule has 0 aromatic heterocycles. The Morgan fingerprint density at radius 1 is 1.10 bits per heavy atom. The topological polar surface area (TPSA) is 29.1 Å². The average Bonchev–Trinajstić information content (AvgIpc) is 2.44. The predicted octanol–water partition coefficient (Wildman–Crippen LogP) is 4.07. The van der Waals surface area contributed by atoms with E-state index in [1.807, 2.05) is 0 Å². The number of hydrogen-bond donors (Lipinski definition) is 1. The van der Waals surface area contributed by atoms with Gasteiger partial charge in [-0.05, 0) is 49.6 Å². The SMILES string of the molecule is Cc1ccc(C(C)NC(=O)c2cccc(C)c2F)cc1F. The number of carbonyl (C=O) groups excluding carboxylic acids is 1. The highest BCUT2D eigenvalue weighted by Crippen LogP contribution is 2.18. The predicted molar refractivity (Wildman–Crippen MR) is 78.2 cm³/mol. The summed E-state index contributed by atoms with van der Waals surface area (Å²) in [5, 5.41) is 2.68. The van der Waals surface area contributed by atoms with Crippen LogP contribution in [-0.4, -0.2) is 5.91 Å². The van der Waals surface area contributed by atoms with Crippen LogP contribution in [0, 0.1) is 25.5 Å². The van der Waals surface area contributed by atoms with Crippen LogP contribution in [-0.2, 0) is 0 Å². The molecular formula is C17H17F2NO. The lowest BCUT2D eigenvalue weighted by Gasteiger charge is -2.15. The number of amides is 1. The second-order valence-corrected chi connectivity index (χ2v) is 5.14. The number of benzene rings is 2. The van der Waals surface area contributed by atoms with Crippen molar-refractivity contribution in [2.24, 2.45) is 0 Å². The van der Waals surface area contributed by atoms with Crippen molar-refractivity contribution in [3.8, 4) is 0 Å². The van der Waals surface area contributed by atoms with Crippen molar-refractivity contribution >= 4 is 5.91 Å². The normalized spacial score (nSPS) is 12.0. The van der Waals surface area contributed by atoms with E-state index in [9.17, 15) is 13.6 Å². The zero-order valence-corrected chi connectivity index (χ0v) is 12.2. The van der Waals surface area contributed by atoms with Gasteiger partial charge >= 0.3 is 0 Å². The van der Waals surface area contributed by atoms with E-state index in [0.29, 0.717) is 16.7 Å². The highest BCUT2D eigenvalue weighted by molar-refractivity contribution is 5.94. The number of nitrogens with one attached hydrogen (secondary N) is 1. The van der Waals surface area contributed by atoms with Gasteiger partial charge in [-0.25, -0.2) is 8.78 Å². The first-order chi connectivity index (χ1) is 9.90. The zero-order chi connectivity index (χ0) is 15.6. The molecule has 1 N–H and O–H groups in total. The molecule has 1 unspecified atom stereocenters. The Morgan fingerprint density at radius 2 is 1.81 bits per heavy atom. The van der Waals surface area contributed by atoms with Gasteiger partial charge in [0.25, 0.3) is 5.91 Å². The van der Waals surface area contributed by atoms with Crippen molar-refractivity contribution in [1.82, 2.24) is 5.32 Å². The first kappa shape index (κ1) is 15.2. The quantitative estimate of drug-likeness (QED) is 0.906. The summed E-state index contributed by atoms with van der Waals surface area (Å²) in [5.74, 6) is -1.36. The van der Waals surface area contributed by atoms with Crippen LogP contribution >= 0.6 is 0 Å². The van der Waals surface area contributed by atoms with Gasteiger partial charge in [0.2, 0.25) is 0 Å². The van der Waals surface area contributed by atoms with Gasteiger partial charge in [-0.15, -0.1) is 0 Å². The summed E-state index contributed by atoms with van der Waals surface area (Å²) in [6.07, 6.45) is 0. The molecule has 4 heteroatoms. The van der Waals surface area contributed by atoms with Crippen LogP contribution in [0.4, 0.5) is 8.78 Å². The van der Waals surface area contributed by atoms with Crippen LogP contribution in [0.25, 0.3) is 0 Å². The highest BCUT2D eigenvalue weighted by atomic mass is 19.1. The van der Waals surface area contributed by atoms with Gasteiger partial charge in [0.1, 0.15) is 11.6 Å². The van der Waals surface area contributed by atoms with Crippen molar-refractivity contribution in [3.63, 3.8) is 0 Å². The van der Waals surface area contributed by atoms with Gasteiger partial charge in [0.05, 0.1) is 11.6 Å². The summed E-state index contributed by atoms with van der Waals surface area (Å²) in [5.41, 5.74) is 1.59. The molecule has 110 valence electrons. The number of aryl methyl sites for hydroxylation is 2. The first-order valence-electron chi connectivity index (χ1n) is 6.72. The van der Waals surface area contributed by atoms with E-state index in [0.717, 1.165) is 0 Å². The Bertz CT molecular complexity index is 682. The summed E-state index contributed by atoms with van der Waals surface area (Å²) < 4.78 is 27.4. The van der Waals surface area contributed by atoms with Crippen molar-refractivity contribution in [3.05, 3.63) is 70.3 Å². The summed E-state index contributed by atoms with van der Waals surface area (Å²) in [7, 11) is 0. The molecule has 2 aromatic rings. The Labute approximate surface area is 122 Å². The summed E-state index contributed by atoms with van der Waals surface area (Å²) in [6.45, 7) is 5.01. The van der Waals surface area contributed by atoms with Crippen LogP contribution in [0.2, 0.25) is 0 Å². The molecule has 0 radical (unpaired) electrons. The minimum atomic E-state index is -0.530. The van der Waals surface area contributed by atoms with Crippen molar-refractivity contribution < 1.29 is 13.6 Å². The average molecular weight is 289 g/mol. The summed E-state index contributed by atoms with van der Waals surface area (Å²) >= 11 is 0. The lowest BCUT2D eigenvalue weighted by molar-refractivity contribution is 0.0935. The third-order valence-corrected chi connectivity index (χ3v) is 3.48. The molecule has 21 heavy (non-hydrogen) atoms. The monoisotopic (exact) mass is 289 g/mol. The highest BCUT2D eigenvalue weighted by Gasteiger charge is 2.16. The summed E-state index contributed by atoms with van der Waals surface area (Å²) in [6, 6.07) is 9.03. The maximum Gasteiger partial charge on any atom is 0.254 e. The van der Waals surface area contributed by atoms with Crippen LogP contribution < -0.4 is 5.32 Å². The van der Waals surface area contributed by atoms with Gasteiger partial charge in [-0.2, -0.15) is 0 Å². The Hall–Kier alpha value is -2.23. The molecule has 0 heterocycles. The Morgan fingerprint density at radius 3 is 2.48 bits per heavy atom. The van der Waals surface area contributed by atoms with Gasteiger partial charge in [0.15, 0.2) is 0 Å². The van der Waals surface area contributed by atoms with Crippen LogP contribution in [0.5, 0.6) is 0 Å². The zero-order valence-electron chi connectivity index (χ0n) is 12.2. The van der Waals surface area contributed by atoms with Crippen LogP contribution in [0.15, 0.2) is 36.4 Å². The molecule has 0 aliphatic carbocycles. The van der Waals surface area contributed by atoms with Gasteiger partial charge in [-0.3, -0.25) is 4.79 Å². The molecule has 0 fully saturated rings. The fraction of sp³-hybridized carbons (Fsp3) is 0.235. The van der Waals surface area contributed by atoms with Crippen LogP contribution in [0.1, 0.15) is 40.0 Å². The third-order valence-electron chi connectivity index (χ3n) is 3.48. The van der Waals surface area contributed by atoms with Crippen LogP contribution in [0.3, 0.4) is 0 Å². The van der Waals surface area contributed by atoms with E-state index in [-0.39, 0.29) is 11.4 Å². The minimum Gasteiger partial charge on any atom is -0.345 e. The minimum absolute atomic E-state index is 0.00515. The van der Waals surface area contributed by atoms with E-state index in [4.69, 9.17) is 0 Å². The van der Waals surface area contributed by atoms with E-state index in [1.165, 1.54) is 12.1 Å². The summed E-state index contributed by atoms with van der Waals surface area (Å²) in [4.78, 5) is 12.1. The lowest BCUT2D eigenvalue weighted by atomic mass is 10.0. The molecule has 0 aliphatic heterocycles. The number of carbonyl (C=O) groups is 1. The first-order valence-corrected chi connectivity index (χ1v) is 6.72. The number of halogens is 2. The second kappa shape index (κ2) is 6.04. The van der Waals surface area contributed by atoms with Gasteiger partial charge in [-0.1, -0.05) is 24.3 Å². The molecule has 0 spiro atoms. The molecule has 0 saturated carbocycles. The Kier molecular flexibility index (Phi) is 4.36. The molecule has 2 nitrogen and oxygen atoms in total. The van der Waals surface area contributed by atoms with Crippen molar-refractivity contribution in [2.75, 3.05) is 0 Å². The molecule has 1 amide bonds. The Balaban J connectivity index is 2.18. The third kappa shape index (κ3) is 3.27. The van der Waals surface area contributed by atoms with Gasteiger partial charge in [0, 0.05) is 0 Å². The fourth-order valence-corrected chi connectivity index (χ4v) is 2.06. The van der Waals surface area contributed by atoms with E-state index in [1.54, 1.807) is 45.0 Å². The maximum atomic E-state index is 13.9. The van der Waals surface area contributed by atoms with E-state index in [2.05, 4.69) is 5.32 Å². The largest absolute Gasteiger partial charge is 0.345 e. The van der Waals surface area contributed by atoms with Crippen molar-refractivity contribution in [2.45, 2.75) is 26.8 Å². The molecule has 2 rings (SSSR count).